The average molecular weight is 316 g/mol. The SMILES string of the molecule is Nc1nonc1C(=O)N/N=C\c1cc(Cl)cc(Cl)c1O. The van der Waals surface area contributed by atoms with E-state index in [0.29, 0.717) is 5.02 Å². The van der Waals surface area contributed by atoms with Crippen LogP contribution in [0, 0.1) is 0 Å². The van der Waals surface area contributed by atoms with Crippen LogP contribution in [0.25, 0.3) is 0 Å². The van der Waals surface area contributed by atoms with Crippen molar-refractivity contribution < 1.29 is 14.5 Å². The van der Waals surface area contributed by atoms with Crippen molar-refractivity contribution in [1.82, 2.24) is 15.7 Å². The molecule has 8 nitrogen and oxygen atoms in total. The molecule has 1 heterocycles. The third kappa shape index (κ3) is 2.98. The summed E-state index contributed by atoms with van der Waals surface area (Å²) < 4.78 is 4.27. The number of nitrogen functional groups attached to an aromatic ring is 1. The number of rotatable bonds is 3. The predicted molar refractivity (Wildman–Crippen MR) is 71.9 cm³/mol. The van der Waals surface area contributed by atoms with Crippen molar-refractivity contribution in [1.29, 1.82) is 0 Å². The lowest BCUT2D eigenvalue weighted by molar-refractivity contribution is 0.0946. The first-order valence-electron chi connectivity index (χ1n) is 5.08. The topological polar surface area (TPSA) is 127 Å². The van der Waals surface area contributed by atoms with E-state index < -0.39 is 5.91 Å². The van der Waals surface area contributed by atoms with Gasteiger partial charge in [0.05, 0.1) is 11.2 Å². The first kappa shape index (κ1) is 14.1. The fraction of sp³-hybridized carbons (Fsp3) is 0. The zero-order valence-corrected chi connectivity index (χ0v) is 11.2. The van der Waals surface area contributed by atoms with Crippen molar-refractivity contribution in [2.45, 2.75) is 0 Å². The molecule has 0 bridgehead atoms. The Labute approximate surface area is 122 Å². The molecular formula is C10H7Cl2N5O3. The molecule has 10 heteroatoms. The molecule has 0 saturated heterocycles. The summed E-state index contributed by atoms with van der Waals surface area (Å²) in [5, 5.41) is 20.2. The number of anilines is 1. The van der Waals surface area contributed by atoms with Gasteiger partial charge in [0.2, 0.25) is 11.5 Å². The quantitative estimate of drug-likeness (QED) is 0.580. The standard InChI is InChI=1S/C10H7Cl2N5O3/c11-5-1-4(8(18)6(12)2-5)3-14-15-10(19)7-9(13)17-20-16-7/h1-3,18H,(H2,13,17)(H,15,19)/b14-3-. The summed E-state index contributed by atoms with van der Waals surface area (Å²) in [6, 6.07) is 2.79. The van der Waals surface area contributed by atoms with E-state index in [9.17, 15) is 9.90 Å². The van der Waals surface area contributed by atoms with Crippen molar-refractivity contribution in [2.24, 2.45) is 5.10 Å². The van der Waals surface area contributed by atoms with Crippen molar-refractivity contribution >= 4 is 41.1 Å². The molecule has 0 saturated carbocycles. The molecular weight excluding hydrogens is 309 g/mol. The van der Waals surface area contributed by atoms with E-state index in [1.54, 1.807) is 0 Å². The van der Waals surface area contributed by atoms with Gasteiger partial charge in [-0.15, -0.1) is 0 Å². The highest BCUT2D eigenvalue weighted by atomic mass is 35.5. The van der Waals surface area contributed by atoms with E-state index in [1.165, 1.54) is 12.1 Å². The third-order valence-corrected chi connectivity index (χ3v) is 2.66. The molecule has 0 aliphatic rings. The summed E-state index contributed by atoms with van der Waals surface area (Å²) in [4.78, 5) is 11.6. The van der Waals surface area contributed by atoms with Crippen LogP contribution in [0.4, 0.5) is 5.82 Å². The molecule has 20 heavy (non-hydrogen) atoms. The largest absolute Gasteiger partial charge is 0.506 e. The van der Waals surface area contributed by atoms with Crippen LogP contribution in [0.5, 0.6) is 5.75 Å². The lowest BCUT2D eigenvalue weighted by Crippen LogP contribution is -2.19. The molecule has 2 rings (SSSR count). The molecule has 4 N–H and O–H groups in total. The highest BCUT2D eigenvalue weighted by Crippen LogP contribution is 2.29. The van der Waals surface area contributed by atoms with Gasteiger partial charge in [-0.25, -0.2) is 10.1 Å². The first-order valence-corrected chi connectivity index (χ1v) is 5.84. The fourth-order valence-electron chi connectivity index (χ4n) is 1.25. The number of hydrogen-bond acceptors (Lipinski definition) is 7. The minimum atomic E-state index is -0.715. The minimum Gasteiger partial charge on any atom is -0.506 e. The summed E-state index contributed by atoms with van der Waals surface area (Å²) in [6.07, 6.45) is 1.16. The zero-order valence-electron chi connectivity index (χ0n) is 9.67. The highest BCUT2D eigenvalue weighted by molar-refractivity contribution is 6.36. The molecule has 0 fully saturated rings. The van der Waals surface area contributed by atoms with Gasteiger partial charge >= 0.3 is 0 Å². The number of phenols is 1. The van der Waals surface area contributed by atoms with Crippen molar-refractivity contribution in [3.63, 3.8) is 0 Å². The Morgan fingerprint density at radius 1 is 1.45 bits per heavy atom. The molecule has 0 aliphatic heterocycles. The average Bonchev–Trinajstić information content (AvgIpc) is 2.81. The number of amides is 1. The summed E-state index contributed by atoms with van der Waals surface area (Å²) >= 11 is 11.5. The van der Waals surface area contributed by atoms with Crippen LogP contribution >= 0.6 is 23.2 Å². The van der Waals surface area contributed by atoms with Gasteiger partial charge in [0.15, 0.2) is 0 Å². The number of nitrogens with two attached hydrogens (primary N) is 1. The van der Waals surface area contributed by atoms with Crippen LogP contribution in [-0.4, -0.2) is 27.5 Å². The third-order valence-electron chi connectivity index (χ3n) is 2.16. The molecule has 1 amide bonds. The Hall–Kier alpha value is -2.32. The smallest absolute Gasteiger partial charge is 0.297 e. The number of halogens is 2. The Morgan fingerprint density at radius 2 is 2.20 bits per heavy atom. The Morgan fingerprint density at radius 3 is 2.85 bits per heavy atom. The number of aromatic nitrogens is 2. The predicted octanol–water partition coefficient (Wildman–Crippen LogP) is 1.43. The highest BCUT2D eigenvalue weighted by Gasteiger charge is 2.15. The number of nitrogens with zero attached hydrogens (tertiary/aromatic N) is 3. The van der Waals surface area contributed by atoms with Gasteiger partial charge < -0.3 is 10.8 Å². The maximum absolute atomic E-state index is 11.6. The molecule has 0 aliphatic carbocycles. The van der Waals surface area contributed by atoms with Gasteiger partial charge in [-0.1, -0.05) is 23.2 Å². The van der Waals surface area contributed by atoms with Crippen LogP contribution < -0.4 is 11.2 Å². The second kappa shape index (κ2) is 5.76. The molecule has 104 valence electrons. The number of aromatic hydroxyl groups is 1. The van der Waals surface area contributed by atoms with Gasteiger partial charge in [0.1, 0.15) is 5.75 Å². The first-order chi connectivity index (χ1) is 9.49. The van der Waals surface area contributed by atoms with Gasteiger partial charge in [-0.3, -0.25) is 4.79 Å². The second-order valence-electron chi connectivity index (χ2n) is 3.52. The molecule has 1 aromatic heterocycles. The van der Waals surface area contributed by atoms with Gasteiger partial charge in [-0.2, -0.15) is 5.10 Å². The van der Waals surface area contributed by atoms with E-state index in [1.807, 2.05) is 0 Å². The van der Waals surface area contributed by atoms with E-state index in [0.717, 1.165) is 6.21 Å². The summed E-state index contributed by atoms with van der Waals surface area (Å²) in [5.41, 5.74) is 7.50. The van der Waals surface area contributed by atoms with Crippen LogP contribution in [-0.2, 0) is 0 Å². The Bertz CT molecular complexity index is 686. The lowest BCUT2D eigenvalue weighted by Gasteiger charge is -2.02. The van der Waals surface area contributed by atoms with Gasteiger partial charge in [0, 0.05) is 10.6 Å². The summed E-state index contributed by atoms with van der Waals surface area (Å²) in [5.74, 6) is -1.09. The normalized spacial score (nSPS) is 10.9. The van der Waals surface area contributed by atoms with Crippen molar-refractivity contribution in [3.05, 3.63) is 33.4 Å². The maximum Gasteiger partial charge on any atom is 0.297 e. The molecule has 0 unspecified atom stereocenters. The second-order valence-corrected chi connectivity index (χ2v) is 4.37. The number of hydrogen-bond donors (Lipinski definition) is 3. The molecule has 0 radical (unpaired) electrons. The maximum atomic E-state index is 11.6. The van der Waals surface area contributed by atoms with Crippen LogP contribution in [0.1, 0.15) is 16.1 Å². The van der Waals surface area contributed by atoms with E-state index in [-0.39, 0.29) is 27.8 Å². The van der Waals surface area contributed by atoms with E-state index in [2.05, 4.69) is 25.5 Å². The number of hydrazone groups is 1. The molecule has 1 aromatic carbocycles. The molecule has 2 aromatic rings. The molecule has 0 atom stereocenters. The number of nitrogens with one attached hydrogen (secondary N) is 1. The van der Waals surface area contributed by atoms with Gasteiger partial charge in [-0.05, 0) is 22.4 Å². The zero-order chi connectivity index (χ0) is 14.7. The van der Waals surface area contributed by atoms with E-state index >= 15 is 0 Å². The Balaban J connectivity index is 2.11. The van der Waals surface area contributed by atoms with Crippen LogP contribution in [0.2, 0.25) is 10.0 Å². The summed E-state index contributed by atoms with van der Waals surface area (Å²) in [7, 11) is 0. The van der Waals surface area contributed by atoms with Gasteiger partial charge in [0.25, 0.3) is 5.91 Å². The van der Waals surface area contributed by atoms with E-state index in [4.69, 9.17) is 28.9 Å². The number of phenolic OH excluding ortho intramolecular Hbond substituents is 1. The summed E-state index contributed by atoms with van der Waals surface area (Å²) in [6.45, 7) is 0. The Kier molecular flexibility index (Phi) is 4.06. The van der Waals surface area contributed by atoms with Crippen LogP contribution in [0.3, 0.4) is 0 Å². The van der Waals surface area contributed by atoms with Crippen molar-refractivity contribution in [2.75, 3.05) is 5.73 Å². The number of benzene rings is 1. The minimum absolute atomic E-state index is 0.0650. The monoisotopic (exact) mass is 315 g/mol. The number of carbonyl (C=O) groups is 1. The fourth-order valence-corrected chi connectivity index (χ4v) is 1.76. The van der Waals surface area contributed by atoms with Crippen molar-refractivity contribution in [3.8, 4) is 5.75 Å². The molecule has 0 spiro atoms. The lowest BCUT2D eigenvalue weighted by atomic mass is 10.2. The number of carbonyl (C=O) groups excluding carboxylic acids is 1. The van der Waals surface area contributed by atoms with Crippen LogP contribution in [0.15, 0.2) is 21.9 Å².